The molecule has 12 nitrogen and oxygen atoms in total. The van der Waals surface area contributed by atoms with Gasteiger partial charge in [-0.05, 0) is 43.4 Å². The van der Waals surface area contributed by atoms with E-state index in [4.69, 9.17) is 17.2 Å². The van der Waals surface area contributed by atoms with Gasteiger partial charge in [-0.3, -0.25) is 19.2 Å². The molecule has 0 fully saturated rings. The lowest BCUT2D eigenvalue weighted by Gasteiger charge is -2.25. The molecule has 2 aromatic rings. The summed E-state index contributed by atoms with van der Waals surface area (Å²) in [5, 5.41) is 17.0. The van der Waals surface area contributed by atoms with Crippen molar-refractivity contribution in [1.82, 2.24) is 16.0 Å². The normalized spacial score (nSPS) is 13.8. The second kappa shape index (κ2) is 16.6. The van der Waals surface area contributed by atoms with Crippen molar-refractivity contribution in [2.75, 3.05) is 6.54 Å². The number of nitrogens with two attached hydrogens (primary N) is 3. The Kier molecular flexibility index (Phi) is 13.3. The topological polar surface area (TPSA) is 220 Å². The van der Waals surface area contributed by atoms with Gasteiger partial charge in [0.15, 0.2) is 0 Å². The highest BCUT2D eigenvalue weighted by molar-refractivity contribution is 5.95. The second-order valence-corrected chi connectivity index (χ2v) is 9.46. The highest BCUT2D eigenvalue weighted by Gasteiger charge is 2.31. The molecule has 0 aliphatic rings. The summed E-state index contributed by atoms with van der Waals surface area (Å²) < 4.78 is 0. The summed E-state index contributed by atoms with van der Waals surface area (Å²) in [4.78, 5) is 62.3. The maximum atomic E-state index is 13.4. The van der Waals surface area contributed by atoms with Crippen molar-refractivity contribution in [2.45, 2.75) is 62.7 Å². The molecule has 40 heavy (non-hydrogen) atoms. The number of nitrogens with one attached hydrogen (secondary N) is 3. The van der Waals surface area contributed by atoms with E-state index in [1.807, 2.05) is 30.3 Å². The Balaban J connectivity index is 2.20. The van der Waals surface area contributed by atoms with E-state index >= 15 is 0 Å². The summed E-state index contributed by atoms with van der Waals surface area (Å²) in [6.45, 7) is 0.394. The second-order valence-electron chi connectivity index (χ2n) is 9.46. The molecule has 10 N–H and O–H groups in total. The van der Waals surface area contributed by atoms with Crippen molar-refractivity contribution in [2.24, 2.45) is 17.2 Å². The van der Waals surface area contributed by atoms with Crippen LogP contribution in [0.15, 0.2) is 60.7 Å². The largest absolute Gasteiger partial charge is 0.480 e. The minimum absolute atomic E-state index is 0.0261. The molecule has 2 aromatic carbocycles. The van der Waals surface area contributed by atoms with E-state index in [1.165, 1.54) is 0 Å². The molecule has 4 atom stereocenters. The fraction of sp³-hybridized carbons (Fsp3) is 0.393. The highest BCUT2D eigenvalue weighted by atomic mass is 16.4. The zero-order valence-corrected chi connectivity index (χ0v) is 22.3. The molecule has 0 bridgehead atoms. The van der Waals surface area contributed by atoms with Gasteiger partial charge in [-0.2, -0.15) is 0 Å². The van der Waals surface area contributed by atoms with E-state index in [0.717, 1.165) is 5.56 Å². The molecule has 12 heteroatoms. The van der Waals surface area contributed by atoms with Crippen LogP contribution in [-0.4, -0.2) is 65.4 Å². The van der Waals surface area contributed by atoms with Crippen LogP contribution in [0.25, 0.3) is 0 Å². The van der Waals surface area contributed by atoms with E-state index in [2.05, 4.69) is 16.0 Å². The Morgan fingerprint density at radius 1 is 0.700 bits per heavy atom. The van der Waals surface area contributed by atoms with Gasteiger partial charge in [-0.15, -0.1) is 0 Å². The standard InChI is InChI=1S/C28H38N6O6/c29-14-8-7-13-21(32-25(36)20(30)15-18-9-3-1-4-10-18)26(37)33-22(16-19-11-5-2-6-12-19)27(38)34-23(28(39)40)17-24(31)35/h1-6,9-12,20-23H,7-8,13-17,29-30H2,(H2,31,35)(H,32,36)(H,33,37)(H,34,38)(H,39,40). The van der Waals surface area contributed by atoms with E-state index in [0.29, 0.717) is 24.9 Å². The van der Waals surface area contributed by atoms with Gasteiger partial charge >= 0.3 is 5.97 Å². The van der Waals surface area contributed by atoms with Crippen LogP contribution in [0.4, 0.5) is 0 Å². The van der Waals surface area contributed by atoms with Crippen molar-refractivity contribution in [3.63, 3.8) is 0 Å². The molecule has 0 saturated heterocycles. The maximum absolute atomic E-state index is 13.4. The number of amides is 4. The summed E-state index contributed by atoms with van der Waals surface area (Å²) in [7, 11) is 0. The van der Waals surface area contributed by atoms with E-state index in [1.54, 1.807) is 30.3 Å². The molecule has 4 unspecified atom stereocenters. The quantitative estimate of drug-likeness (QED) is 0.124. The third-order valence-corrected chi connectivity index (χ3v) is 6.15. The van der Waals surface area contributed by atoms with Gasteiger partial charge < -0.3 is 38.3 Å². The molecular weight excluding hydrogens is 516 g/mol. The van der Waals surface area contributed by atoms with Crippen LogP contribution < -0.4 is 33.2 Å². The minimum Gasteiger partial charge on any atom is -0.480 e. The highest BCUT2D eigenvalue weighted by Crippen LogP contribution is 2.08. The predicted molar refractivity (Wildman–Crippen MR) is 148 cm³/mol. The number of hydrogen-bond acceptors (Lipinski definition) is 7. The van der Waals surface area contributed by atoms with Crippen LogP contribution in [0.3, 0.4) is 0 Å². The molecular formula is C28H38N6O6. The van der Waals surface area contributed by atoms with E-state index in [9.17, 15) is 29.1 Å². The van der Waals surface area contributed by atoms with Gasteiger partial charge in [0.25, 0.3) is 0 Å². The fourth-order valence-electron chi connectivity index (χ4n) is 4.01. The molecule has 0 aliphatic carbocycles. The number of carboxylic acid groups (broad SMARTS) is 1. The van der Waals surface area contributed by atoms with Crippen molar-refractivity contribution in [3.05, 3.63) is 71.8 Å². The molecule has 0 saturated carbocycles. The third kappa shape index (κ3) is 11.2. The monoisotopic (exact) mass is 554 g/mol. The smallest absolute Gasteiger partial charge is 0.326 e. The Labute approximate surface area is 233 Å². The van der Waals surface area contributed by atoms with Crippen molar-refractivity contribution in [1.29, 1.82) is 0 Å². The van der Waals surface area contributed by atoms with E-state index in [-0.39, 0.29) is 19.3 Å². The molecule has 4 amide bonds. The van der Waals surface area contributed by atoms with Crippen molar-refractivity contribution >= 4 is 29.6 Å². The number of carbonyl (C=O) groups is 5. The van der Waals surface area contributed by atoms with Crippen molar-refractivity contribution in [3.8, 4) is 0 Å². The Hall–Kier alpha value is -4.29. The van der Waals surface area contributed by atoms with Gasteiger partial charge in [-0.1, -0.05) is 60.7 Å². The first kappa shape index (κ1) is 31.9. The number of primary amides is 1. The number of rotatable bonds is 17. The molecule has 0 radical (unpaired) electrons. The maximum Gasteiger partial charge on any atom is 0.326 e. The van der Waals surface area contributed by atoms with Crippen LogP contribution >= 0.6 is 0 Å². The van der Waals surface area contributed by atoms with Crippen LogP contribution in [0, 0.1) is 0 Å². The number of benzene rings is 2. The summed E-state index contributed by atoms with van der Waals surface area (Å²) in [6.07, 6.45) is 1.04. The molecule has 216 valence electrons. The van der Waals surface area contributed by atoms with Gasteiger partial charge in [0.2, 0.25) is 23.6 Å². The van der Waals surface area contributed by atoms with Crippen molar-refractivity contribution < 1.29 is 29.1 Å². The van der Waals surface area contributed by atoms with Crippen LogP contribution in [-0.2, 0) is 36.8 Å². The average Bonchev–Trinajstić information content (AvgIpc) is 2.92. The number of unbranched alkanes of at least 4 members (excludes halogenated alkanes) is 1. The number of aliphatic carboxylic acids is 1. The summed E-state index contributed by atoms with van der Waals surface area (Å²) in [5.74, 6) is -4.36. The van der Waals surface area contributed by atoms with Gasteiger partial charge in [-0.25, -0.2) is 4.79 Å². The SMILES string of the molecule is NCCCCC(NC(=O)C(N)Cc1ccccc1)C(=O)NC(Cc1ccccc1)C(=O)NC(CC(N)=O)C(=O)O. The van der Waals surface area contributed by atoms with Crippen LogP contribution in [0.2, 0.25) is 0 Å². The number of hydrogen-bond donors (Lipinski definition) is 7. The van der Waals surface area contributed by atoms with Crippen LogP contribution in [0.5, 0.6) is 0 Å². The lowest BCUT2D eigenvalue weighted by atomic mass is 10.0. The van der Waals surface area contributed by atoms with Gasteiger partial charge in [0, 0.05) is 6.42 Å². The zero-order valence-electron chi connectivity index (χ0n) is 22.3. The molecule has 2 rings (SSSR count). The molecule has 0 aromatic heterocycles. The first-order valence-corrected chi connectivity index (χ1v) is 13.1. The Bertz CT molecular complexity index is 1130. The molecule has 0 aliphatic heterocycles. The Morgan fingerprint density at radius 3 is 1.73 bits per heavy atom. The number of carbonyl (C=O) groups excluding carboxylic acids is 4. The number of carboxylic acids is 1. The van der Waals surface area contributed by atoms with Gasteiger partial charge in [0.05, 0.1) is 12.5 Å². The van der Waals surface area contributed by atoms with Gasteiger partial charge in [0.1, 0.15) is 18.1 Å². The van der Waals surface area contributed by atoms with E-state index < -0.39 is 60.2 Å². The Morgan fingerprint density at radius 2 is 1.20 bits per heavy atom. The zero-order chi connectivity index (χ0) is 29.5. The molecule has 0 spiro atoms. The predicted octanol–water partition coefficient (Wildman–Crippen LogP) is -0.657. The fourth-order valence-corrected chi connectivity index (χ4v) is 4.01. The summed E-state index contributed by atoms with van der Waals surface area (Å²) >= 11 is 0. The first-order chi connectivity index (χ1) is 19.1. The van der Waals surface area contributed by atoms with Crippen LogP contribution in [0.1, 0.15) is 36.8 Å². The molecule has 0 heterocycles. The summed E-state index contributed by atoms with van der Waals surface area (Å²) in [5.41, 5.74) is 18.4. The lowest BCUT2D eigenvalue weighted by molar-refractivity contribution is -0.143. The third-order valence-electron chi connectivity index (χ3n) is 6.15. The summed E-state index contributed by atoms with van der Waals surface area (Å²) in [6, 6.07) is 13.3. The average molecular weight is 555 g/mol. The lowest BCUT2D eigenvalue weighted by Crippen LogP contribution is -2.58. The first-order valence-electron chi connectivity index (χ1n) is 13.1. The minimum atomic E-state index is -1.57.